The van der Waals surface area contributed by atoms with Crippen molar-refractivity contribution in [3.05, 3.63) is 44.2 Å². The van der Waals surface area contributed by atoms with Gasteiger partial charge in [0, 0.05) is 46.3 Å². The molecule has 0 bridgehead atoms. The van der Waals surface area contributed by atoms with E-state index in [2.05, 4.69) is 20.9 Å². The molecule has 2 aromatic rings. The Labute approximate surface area is 131 Å². The van der Waals surface area contributed by atoms with Crippen LogP contribution in [0.4, 0.5) is 0 Å². The summed E-state index contributed by atoms with van der Waals surface area (Å²) in [5.41, 5.74) is 2.28. The van der Waals surface area contributed by atoms with Crippen molar-refractivity contribution in [2.45, 2.75) is 13.5 Å². The minimum absolute atomic E-state index is 0.00389. The molecular weight excluding hydrogens is 336 g/mol. The first-order valence-corrected chi connectivity index (χ1v) is 7.61. The van der Waals surface area contributed by atoms with Gasteiger partial charge in [-0.3, -0.25) is 9.69 Å². The normalized spacial score (nSPS) is 11.5. The lowest BCUT2D eigenvalue weighted by Crippen LogP contribution is -2.32. The Morgan fingerprint density at radius 2 is 1.90 bits per heavy atom. The minimum Gasteiger partial charge on any atom is -0.395 e. The van der Waals surface area contributed by atoms with Crippen LogP contribution in [0.2, 0.25) is 0 Å². The molecule has 5 nitrogen and oxygen atoms in total. The molecule has 21 heavy (non-hydrogen) atoms. The fourth-order valence-corrected chi connectivity index (χ4v) is 2.75. The lowest BCUT2D eigenvalue weighted by Gasteiger charge is -2.21. The van der Waals surface area contributed by atoms with E-state index in [1.807, 2.05) is 24.0 Å². The van der Waals surface area contributed by atoms with Crippen LogP contribution in [-0.2, 0) is 6.54 Å². The zero-order valence-electron chi connectivity index (χ0n) is 11.9. The first-order chi connectivity index (χ1) is 10.1. The van der Waals surface area contributed by atoms with Crippen LogP contribution in [0.1, 0.15) is 11.3 Å². The third-order valence-corrected chi connectivity index (χ3v) is 3.98. The van der Waals surface area contributed by atoms with E-state index >= 15 is 0 Å². The number of hydrogen-bond donors (Lipinski definition) is 3. The van der Waals surface area contributed by atoms with Crippen molar-refractivity contribution in [2.75, 3.05) is 26.3 Å². The SMILES string of the molecule is Cc1[nH]c2ccc(Br)cc2c(=O)c1CN(CCO)CCO. The van der Waals surface area contributed by atoms with E-state index in [-0.39, 0.29) is 18.6 Å². The largest absolute Gasteiger partial charge is 0.395 e. The average Bonchev–Trinajstić information content (AvgIpc) is 2.45. The third-order valence-electron chi connectivity index (χ3n) is 3.49. The van der Waals surface area contributed by atoms with Crippen LogP contribution in [0.5, 0.6) is 0 Å². The molecule has 1 heterocycles. The smallest absolute Gasteiger partial charge is 0.194 e. The van der Waals surface area contributed by atoms with Crippen LogP contribution in [0.25, 0.3) is 10.9 Å². The predicted octanol–water partition coefficient (Wildman–Crippen LogP) is 1.39. The summed E-state index contributed by atoms with van der Waals surface area (Å²) in [5, 5.41) is 18.8. The number of hydrogen-bond acceptors (Lipinski definition) is 4. The molecule has 0 aliphatic heterocycles. The Hall–Kier alpha value is -1.21. The van der Waals surface area contributed by atoms with Crippen molar-refractivity contribution in [1.29, 1.82) is 0 Å². The van der Waals surface area contributed by atoms with Crippen LogP contribution in [0, 0.1) is 6.92 Å². The average molecular weight is 355 g/mol. The van der Waals surface area contributed by atoms with Gasteiger partial charge in [-0.2, -0.15) is 0 Å². The maximum atomic E-state index is 12.7. The monoisotopic (exact) mass is 354 g/mol. The number of aromatic amines is 1. The quantitative estimate of drug-likeness (QED) is 0.732. The van der Waals surface area contributed by atoms with Gasteiger partial charge in [0.1, 0.15) is 0 Å². The molecule has 6 heteroatoms. The lowest BCUT2D eigenvalue weighted by molar-refractivity contribution is 0.155. The lowest BCUT2D eigenvalue weighted by atomic mass is 10.1. The molecule has 3 N–H and O–H groups in total. The van der Waals surface area contributed by atoms with Crippen molar-refractivity contribution in [2.24, 2.45) is 0 Å². The number of aromatic nitrogens is 1. The molecule has 0 amide bonds. The van der Waals surface area contributed by atoms with E-state index in [4.69, 9.17) is 10.2 Å². The number of rotatable bonds is 6. The molecule has 2 rings (SSSR count). The van der Waals surface area contributed by atoms with Gasteiger partial charge in [0.2, 0.25) is 0 Å². The standard InChI is InChI=1S/C15H19BrN2O3/c1-10-13(9-18(4-6-19)5-7-20)15(21)12-8-11(16)2-3-14(12)17-10/h2-3,8,19-20H,4-7,9H2,1H3,(H,17,21). The van der Waals surface area contributed by atoms with E-state index in [1.54, 1.807) is 6.07 Å². The molecule has 0 unspecified atom stereocenters. The first-order valence-electron chi connectivity index (χ1n) is 6.82. The molecule has 0 saturated heterocycles. The van der Waals surface area contributed by atoms with E-state index in [1.165, 1.54) is 0 Å². The Morgan fingerprint density at radius 3 is 2.52 bits per heavy atom. The second-order valence-electron chi connectivity index (χ2n) is 4.97. The summed E-state index contributed by atoms with van der Waals surface area (Å²) in [7, 11) is 0. The summed E-state index contributed by atoms with van der Waals surface area (Å²) in [5.74, 6) is 0. The van der Waals surface area contributed by atoms with Gasteiger partial charge in [0.05, 0.1) is 13.2 Å². The van der Waals surface area contributed by atoms with Crippen molar-refractivity contribution in [3.8, 4) is 0 Å². The number of nitrogens with one attached hydrogen (secondary N) is 1. The Morgan fingerprint density at radius 1 is 1.24 bits per heavy atom. The highest BCUT2D eigenvalue weighted by Crippen LogP contribution is 2.18. The third kappa shape index (κ3) is 3.71. The summed E-state index contributed by atoms with van der Waals surface area (Å²) >= 11 is 3.38. The summed E-state index contributed by atoms with van der Waals surface area (Å²) in [6.45, 7) is 3.12. The molecule has 0 atom stereocenters. The van der Waals surface area contributed by atoms with Gasteiger partial charge >= 0.3 is 0 Å². The number of benzene rings is 1. The highest BCUT2D eigenvalue weighted by atomic mass is 79.9. The topological polar surface area (TPSA) is 76.6 Å². The molecular formula is C15H19BrN2O3. The van der Waals surface area contributed by atoms with E-state index < -0.39 is 0 Å². The van der Waals surface area contributed by atoms with Crippen molar-refractivity contribution in [3.63, 3.8) is 0 Å². The zero-order chi connectivity index (χ0) is 15.4. The van der Waals surface area contributed by atoms with Crippen molar-refractivity contribution < 1.29 is 10.2 Å². The minimum atomic E-state index is -0.0107. The molecule has 0 spiro atoms. The number of aliphatic hydroxyl groups is 2. The van der Waals surface area contributed by atoms with Crippen molar-refractivity contribution >= 4 is 26.8 Å². The summed E-state index contributed by atoms with van der Waals surface area (Å²) in [6, 6.07) is 5.57. The highest BCUT2D eigenvalue weighted by Gasteiger charge is 2.13. The Bertz CT molecular complexity index is 678. The molecule has 0 fully saturated rings. The second-order valence-corrected chi connectivity index (χ2v) is 5.89. The zero-order valence-corrected chi connectivity index (χ0v) is 13.5. The molecule has 1 aromatic heterocycles. The number of pyridine rings is 1. The number of nitrogens with zero attached hydrogens (tertiary/aromatic N) is 1. The number of H-pyrrole nitrogens is 1. The number of fused-ring (bicyclic) bond motifs is 1. The fraction of sp³-hybridized carbons (Fsp3) is 0.400. The van der Waals surface area contributed by atoms with Gasteiger partial charge in [-0.25, -0.2) is 0 Å². The maximum absolute atomic E-state index is 12.7. The highest BCUT2D eigenvalue weighted by molar-refractivity contribution is 9.10. The van der Waals surface area contributed by atoms with Crippen LogP contribution in [0.15, 0.2) is 27.5 Å². The van der Waals surface area contributed by atoms with E-state index in [9.17, 15) is 4.79 Å². The van der Waals surface area contributed by atoms with Gasteiger partial charge in [0.25, 0.3) is 0 Å². The van der Waals surface area contributed by atoms with E-state index in [0.29, 0.717) is 30.6 Å². The molecule has 114 valence electrons. The predicted molar refractivity (Wildman–Crippen MR) is 86.5 cm³/mol. The molecule has 0 radical (unpaired) electrons. The van der Waals surface area contributed by atoms with Gasteiger partial charge in [-0.1, -0.05) is 15.9 Å². The van der Waals surface area contributed by atoms with Crippen LogP contribution in [0.3, 0.4) is 0 Å². The summed E-state index contributed by atoms with van der Waals surface area (Å²) in [6.07, 6.45) is 0. The Kier molecular flexibility index (Phi) is 5.52. The van der Waals surface area contributed by atoms with Crippen molar-refractivity contribution in [1.82, 2.24) is 9.88 Å². The summed E-state index contributed by atoms with van der Waals surface area (Å²) < 4.78 is 0.859. The van der Waals surface area contributed by atoms with Gasteiger partial charge in [-0.15, -0.1) is 0 Å². The second kappa shape index (κ2) is 7.17. The van der Waals surface area contributed by atoms with Gasteiger partial charge in [0.15, 0.2) is 5.43 Å². The molecule has 0 aliphatic rings. The fourth-order valence-electron chi connectivity index (χ4n) is 2.39. The van der Waals surface area contributed by atoms with Crippen LogP contribution < -0.4 is 5.43 Å². The molecule has 1 aromatic carbocycles. The number of aliphatic hydroxyl groups excluding tert-OH is 2. The maximum Gasteiger partial charge on any atom is 0.194 e. The van der Waals surface area contributed by atoms with Gasteiger partial charge in [-0.05, 0) is 25.1 Å². The Balaban J connectivity index is 2.45. The van der Waals surface area contributed by atoms with Gasteiger partial charge < -0.3 is 15.2 Å². The number of halogens is 1. The molecule has 0 saturated carbocycles. The molecule has 0 aliphatic carbocycles. The summed E-state index contributed by atoms with van der Waals surface area (Å²) in [4.78, 5) is 17.8. The van der Waals surface area contributed by atoms with Crippen LogP contribution in [-0.4, -0.2) is 46.4 Å². The first kappa shape index (κ1) is 16.2. The number of aryl methyl sites for hydroxylation is 1. The van der Waals surface area contributed by atoms with Crippen LogP contribution >= 0.6 is 15.9 Å². The van der Waals surface area contributed by atoms with E-state index in [0.717, 1.165) is 15.7 Å².